The first-order valence-corrected chi connectivity index (χ1v) is 6.97. The molecule has 2 atom stereocenters. The smallest absolute Gasteiger partial charge is 0.0534 e. The molecule has 2 aromatic rings. The van der Waals surface area contributed by atoms with Crippen LogP contribution in [0, 0.1) is 6.92 Å². The molecule has 0 fully saturated rings. The van der Waals surface area contributed by atoms with Crippen molar-refractivity contribution in [1.82, 2.24) is 14.7 Å². The van der Waals surface area contributed by atoms with Gasteiger partial charge in [-0.3, -0.25) is 9.58 Å². The number of rotatable bonds is 5. The van der Waals surface area contributed by atoms with Gasteiger partial charge in [0.2, 0.25) is 0 Å². The van der Waals surface area contributed by atoms with E-state index in [9.17, 15) is 0 Å². The van der Waals surface area contributed by atoms with Crippen molar-refractivity contribution in [2.24, 2.45) is 12.8 Å². The molecule has 4 nitrogen and oxygen atoms in total. The lowest BCUT2D eigenvalue weighted by molar-refractivity contribution is 0.219. The lowest BCUT2D eigenvalue weighted by atomic mass is 9.99. The summed E-state index contributed by atoms with van der Waals surface area (Å²) in [6, 6.07) is 8.74. The van der Waals surface area contributed by atoms with Gasteiger partial charge in [0.25, 0.3) is 0 Å². The summed E-state index contributed by atoms with van der Waals surface area (Å²) < 4.78 is 1.83. The van der Waals surface area contributed by atoms with Crippen LogP contribution in [-0.4, -0.2) is 27.8 Å². The third-order valence-corrected chi connectivity index (χ3v) is 3.87. The number of hydrogen-bond acceptors (Lipinski definition) is 3. The zero-order valence-corrected chi connectivity index (χ0v) is 12.7. The Labute approximate surface area is 121 Å². The van der Waals surface area contributed by atoms with Gasteiger partial charge >= 0.3 is 0 Å². The monoisotopic (exact) mass is 272 g/mol. The van der Waals surface area contributed by atoms with Crippen molar-refractivity contribution in [3.8, 4) is 0 Å². The van der Waals surface area contributed by atoms with E-state index in [1.165, 1.54) is 16.7 Å². The first-order valence-electron chi connectivity index (χ1n) is 6.97. The minimum atomic E-state index is 0.0114. The predicted octanol–water partition coefficient (Wildman–Crippen LogP) is 2.25. The van der Waals surface area contributed by atoms with Gasteiger partial charge in [0, 0.05) is 37.4 Å². The van der Waals surface area contributed by atoms with E-state index in [0.717, 1.165) is 6.54 Å². The normalized spacial score (nSPS) is 14.5. The summed E-state index contributed by atoms with van der Waals surface area (Å²) in [4.78, 5) is 2.27. The molecule has 1 aromatic heterocycles. The molecular weight excluding hydrogens is 248 g/mol. The van der Waals surface area contributed by atoms with Crippen molar-refractivity contribution in [3.63, 3.8) is 0 Å². The van der Waals surface area contributed by atoms with Gasteiger partial charge in [0.15, 0.2) is 0 Å². The average Bonchev–Trinajstić information content (AvgIpc) is 2.83. The van der Waals surface area contributed by atoms with Crippen LogP contribution in [0.25, 0.3) is 0 Å². The van der Waals surface area contributed by atoms with E-state index in [2.05, 4.69) is 55.2 Å². The number of aryl methyl sites for hydroxylation is 2. The van der Waals surface area contributed by atoms with Crippen molar-refractivity contribution in [2.75, 3.05) is 7.05 Å². The van der Waals surface area contributed by atoms with E-state index in [-0.39, 0.29) is 12.1 Å². The maximum Gasteiger partial charge on any atom is 0.0534 e. The molecule has 0 spiro atoms. The largest absolute Gasteiger partial charge is 0.323 e. The van der Waals surface area contributed by atoms with E-state index in [4.69, 9.17) is 5.73 Å². The van der Waals surface area contributed by atoms with Crippen LogP contribution in [0.3, 0.4) is 0 Å². The maximum absolute atomic E-state index is 6.39. The highest BCUT2D eigenvalue weighted by Crippen LogP contribution is 2.19. The third-order valence-electron chi connectivity index (χ3n) is 3.87. The molecule has 1 heterocycles. The Bertz CT molecular complexity index is 544. The van der Waals surface area contributed by atoms with E-state index in [0.29, 0.717) is 0 Å². The quantitative estimate of drug-likeness (QED) is 0.908. The molecule has 0 aliphatic carbocycles. The lowest BCUT2D eigenvalue weighted by Crippen LogP contribution is -2.37. The van der Waals surface area contributed by atoms with Gasteiger partial charge in [-0.05, 0) is 26.5 Å². The van der Waals surface area contributed by atoms with Crippen LogP contribution in [0.15, 0.2) is 36.7 Å². The van der Waals surface area contributed by atoms with Crippen molar-refractivity contribution in [1.29, 1.82) is 0 Å². The average molecular weight is 272 g/mol. The highest BCUT2D eigenvalue weighted by Gasteiger charge is 2.19. The molecular formula is C16H24N4. The van der Waals surface area contributed by atoms with Crippen LogP contribution in [0.2, 0.25) is 0 Å². The first-order chi connectivity index (χ1) is 9.47. The molecule has 2 N–H and O–H groups in total. The predicted molar refractivity (Wildman–Crippen MR) is 82.2 cm³/mol. The standard InChI is InChI=1S/C16H24N4/c1-12-5-7-15(8-6-12)16(17)13(2)19(3)10-14-9-18-20(4)11-14/h5-9,11,13,16H,10,17H2,1-4H3. The number of benzene rings is 1. The molecule has 4 heteroatoms. The SMILES string of the molecule is Cc1ccc(C(N)C(C)N(C)Cc2cnn(C)c2)cc1. The topological polar surface area (TPSA) is 47.1 Å². The molecule has 2 unspecified atom stereocenters. The maximum atomic E-state index is 6.39. The van der Waals surface area contributed by atoms with Crippen LogP contribution >= 0.6 is 0 Å². The second-order valence-electron chi connectivity index (χ2n) is 5.61. The van der Waals surface area contributed by atoms with E-state index < -0.39 is 0 Å². The van der Waals surface area contributed by atoms with Crippen molar-refractivity contribution < 1.29 is 0 Å². The molecule has 20 heavy (non-hydrogen) atoms. The Morgan fingerprint density at radius 2 is 1.95 bits per heavy atom. The molecule has 108 valence electrons. The second kappa shape index (κ2) is 6.20. The summed E-state index contributed by atoms with van der Waals surface area (Å²) in [7, 11) is 4.04. The van der Waals surface area contributed by atoms with Gasteiger partial charge in [-0.25, -0.2) is 0 Å². The number of nitrogens with zero attached hydrogens (tertiary/aromatic N) is 3. The molecule has 2 rings (SSSR count). The lowest BCUT2D eigenvalue weighted by Gasteiger charge is -2.29. The van der Waals surface area contributed by atoms with Crippen LogP contribution in [0.5, 0.6) is 0 Å². The third kappa shape index (κ3) is 3.46. The minimum absolute atomic E-state index is 0.0114. The van der Waals surface area contributed by atoms with Crippen molar-refractivity contribution in [3.05, 3.63) is 53.3 Å². The van der Waals surface area contributed by atoms with Gasteiger partial charge < -0.3 is 5.73 Å². The summed E-state index contributed by atoms with van der Waals surface area (Å²) in [6.45, 7) is 5.11. The van der Waals surface area contributed by atoms with Crippen LogP contribution < -0.4 is 5.73 Å². The van der Waals surface area contributed by atoms with Gasteiger partial charge in [0.05, 0.1) is 6.20 Å². The first kappa shape index (κ1) is 14.8. The summed E-state index contributed by atoms with van der Waals surface area (Å²) in [5, 5.41) is 4.20. The van der Waals surface area contributed by atoms with Gasteiger partial charge in [0.1, 0.15) is 0 Å². The van der Waals surface area contributed by atoms with Gasteiger partial charge in [-0.2, -0.15) is 5.10 Å². The van der Waals surface area contributed by atoms with E-state index in [1.807, 2.05) is 24.1 Å². The second-order valence-corrected chi connectivity index (χ2v) is 5.61. The Balaban J connectivity index is 2.02. The van der Waals surface area contributed by atoms with Gasteiger partial charge in [-0.15, -0.1) is 0 Å². The number of aromatic nitrogens is 2. The molecule has 0 radical (unpaired) electrons. The molecule has 1 aromatic carbocycles. The van der Waals surface area contributed by atoms with E-state index >= 15 is 0 Å². The Hall–Kier alpha value is -1.65. The number of hydrogen-bond donors (Lipinski definition) is 1. The van der Waals surface area contributed by atoms with Crippen LogP contribution in [-0.2, 0) is 13.6 Å². The fourth-order valence-corrected chi connectivity index (χ4v) is 2.33. The highest BCUT2D eigenvalue weighted by atomic mass is 15.2. The molecule has 0 aliphatic rings. The van der Waals surface area contributed by atoms with E-state index in [1.54, 1.807) is 0 Å². The number of likely N-dealkylation sites (N-methyl/N-ethyl adjacent to an activating group) is 1. The minimum Gasteiger partial charge on any atom is -0.323 e. The Kier molecular flexibility index (Phi) is 4.57. The summed E-state index contributed by atoms with van der Waals surface area (Å²) in [5.41, 5.74) is 10.0. The molecule has 0 saturated carbocycles. The molecule has 0 saturated heterocycles. The fraction of sp³-hybridized carbons (Fsp3) is 0.438. The zero-order valence-electron chi connectivity index (χ0n) is 12.7. The van der Waals surface area contributed by atoms with Crippen molar-refractivity contribution >= 4 is 0 Å². The molecule has 0 bridgehead atoms. The van der Waals surface area contributed by atoms with Crippen LogP contribution in [0.1, 0.15) is 29.7 Å². The Morgan fingerprint density at radius 1 is 1.30 bits per heavy atom. The summed E-state index contributed by atoms with van der Waals surface area (Å²) in [5.74, 6) is 0. The number of nitrogens with two attached hydrogens (primary N) is 1. The fourth-order valence-electron chi connectivity index (χ4n) is 2.33. The van der Waals surface area contributed by atoms with Gasteiger partial charge in [-0.1, -0.05) is 29.8 Å². The highest BCUT2D eigenvalue weighted by molar-refractivity contribution is 5.24. The van der Waals surface area contributed by atoms with Crippen molar-refractivity contribution in [2.45, 2.75) is 32.5 Å². The van der Waals surface area contributed by atoms with Crippen LogP contribution in [0.4, 0.5) is 0 Å². The molecule has 0 aliphatic heterocycles. The summed E-state index contributed by atoms with van der Waals surface area (Å²) in [6.07, 6.45) is 3.95. The summed E-state index contributed by atoms with van der Waals surface area (Å²) >= 11 is 0. The Morgan fingerprint density at radius 3 is 2.50 bits per heavy atom. The molecule has 0 amide bonds. The zero-order chi connectivity index (χ0) is 14.7.